The van der Waals surface area contributed by atoms with Crippen molar-refractivity contribution in [2.75, 3.05) is 6.54 Å². The first kappa shape index (κ1) is 13.5. The van der Waals surface area contributed by atoms with Crippen LogP contribution < -0.4 is 5.73 Å². The van der Waals surface area contributed by atoms with Gasteiger partial charge in [-0.25, -0.2) is 8.42 Å². The third-order valence-electron chi connectivity index (χ3n) is 3.18. The number of aromatic nitrogens is 2. The summed E-state index contributed by atoms with van der Waals surface area (Å²) in [5, 5.41) is 6.49. The second-order valence-corrected chi connectivity index (χ2v) is 6.87. The molecule has 18 heavy (non-hydrogen) atoms. The number of hydrogen-bond donors (Lipinski definition) is 2. The van der Waals surface area contributed by atoms with Gasteiger partial charge in [0, 0.05) is 24.7 Å². The molecule has 0 atom stereocenters. The molecule has 0 amide bonds. The maximum atomic E-state index is 12.6. The molecule has 2 rings (SSSR count). The fourth-order valence-electron chi connectivity index (χ4n) is 1.93. The predicted molar refractivity (Wildman–Crippen MR) is 68.2 cm³/mol. The van der Waals surface area contributed by atoms with E-state index in [-0.39, 0.29) is 17.6 Å². The third kappa shape index (κ3) is 2.57. The minimum absolute atomic E-state index is 0.0653. The highest BCUT2D eigenvalue weighted by Gasteiger charge is 2.35. The van der Waals surface area contributed by atoms with Gasteiger partial charge in [0.2, 0.25) is 0 Å². The summed E-state index contributed by atoms with van der Waals surface area (Å²) in [4.78, 5) is 0. The lowest BCUT2D eigenvalue weighted by Gasteiger charge is -2.25. The number of nitrogens with zero attached hydrogens (tertiary/aromatic N) is 2. The van der Waals surface area contributed by atoms with Crippen molar-refractivity contribution in [3.63, 3.8) is 0 Å². The number of H-pyrrole nitrogens is 1. The molecule has 1 fully saturated rings. The maximum Gasteiger partial charge on any atom is 0.260 e. The Morgan fingerprint density at radius 2 is 2.22 bits per heavy atom. The SMILES string of the molecule is CC(C)N(CC1CC1)S(=O)(=O)c1[nH]ncc1CN. The van der Waals surface area contributed by atoms with Crippen molar-refractivity contribution in [3.8, 4) is 0 Å². The minimum atomic E-state index is -3.52. The predicted octanol–water partition coefficient (Wildman–Crippen LogP) is 0.678. The van der Waals surface area contributed by atoms with Crippen molar-refractivity contribution in [2.45, 2.75) is 44.3 Å². The molecule has 1 aliphatic carbocycles. The quantitative estimate of drug-likeness (QED) is 0.796. The molecule has 102 valence electrons. The first-order chi connectivity index (χ1) is 8.46. The van der Waals surface area contributed by atoms with E-state index in [0.29, 0.717) is 18.0 Å². The zero-order chi connectivity index (χ0) is 13.3. The first-order valence-corrected chi connectivity index (χ1v) is 7.65. The van der Waals surface area contributed by atoms with Gasteiger partial charge in [0.15, 0.2) is 5.03 Å². The van der Waals surface area contributed by atoms with E-state index in [4.69, 9.17) is 5.73 Å². The number of sulfonamides is 1. The van der Waals surface area contributed by atoms with Gasteiger partial charge in [-0.15, -0.1) is 0 Å². The summed E-state index contributed by atoms with van der Waals surface area (Å²) < 4.78 is 26.7. The lowest BCUT2D eigenvalue weighted by Crippen LogP contribution is -2.39. The van der Waals surface area contributed by atoms with Crippen LogP contribution in [0.1, 0.15) is 32.3 Å². The van der Waals surface area contributed by atoms with Crippen molar-refractivity contribution in [2.24, 2.45) is 11.7 Å². The van der Waals surface area contributed by atoms with Crippen molar-refractivity contribution in [1.29, 1.82) is 0 Å². The van der Waals surface area contributed by atoms with Gasteiger partial charge in [-0.2, -0.15) is 9.40 Å². The van der Waals surface area contributed by atoms with E-state index in [1.54, 1.807) is 0 Å². The summed E-state index contributed by atoms with van der Waals surface area (Å²) in [6.45, 7) is 4.53. The van der Waals surface area contributed by atoms with Crippen LogP contribution in [-0.2, 0) is 16.6 Å². The molecule has 0 radical (unpaired) electrons. The maximum absolute atomic E-state index is 12.6. The monoisotopic (exact) mass is 272 g/mol. The fourth-order valence-corrected chi connectivity index (χ4v) is 3.76. The molecule has 0 saturated heterocycles. The number of hydrogen-bond acceptors (Lipinski definition) is 4. The van der Waals surface area contributed by atoms with Crippen LogP contribution >= 0.6 is 0 Å². The first-order valence-electron chi connectivity index (χ1n) is 6.21. The highest BCUT2D eigenvalue weighted by atomic mass is 32.2. The van der Waals surface area contributed by atoms with E-state index < -0.39 is 10.0 Å². The molecule has 1 heterocycles. The van der Waals surface area contributed by atoms with Crippen LogP contribution in [0.2, 0.25) is 0 Å². The average Bonchev–Trinajstić information content (AvgIpc) is 2.99. The van der Waals surface area contributed by atoms with Gasteiger partial charge < -0.3 is 5.73 Å². The Hall–Kier alpha value is -0.920. The van der Waals surface area contributed by atoms with Crippen LogP contribution in [0.15, 0.2) is 11.2 Å². The van der Waals surface area contributed by atoms with Crippen molar-refractivity contribution in [1.82, 2.24) is 14.5 Å². The van der Waals surface area contributed by atoms with E-state index >= 15 is 0 Å². The zero-order valence-corrected chi connectivity index (χ0v) is 11.6. The molecular weight excluding hydrogens is 252 g/mol. The summed E-state index contributed by atoms with van der Waals surface area (Å²) >= 11 is 0. The van der Waals surface area contributed by atoms with Crippen LogP contribution in [-0.4, -0.2) is 35.5 Å². The van der Waals surface area contributed by atoms with Crippen molar-refractivity contribution < 1.29 is 8.42 Å². The molecule has 0 unspecified atom stereocenters. The van der Waals surface area contributed by atoms with E-state index in [2.05, 4.69) is 10.2 Å². The van der Waals surface area contributed by atoms with Gasteiger partial charge >= 0.3 is 0 Å². The number of aromatic amines is 1. The Kier molecular flexibility index (Phi) is 3.74. The van der Waals surface area contributed by atoms with Gasteiger partial charge in [0.05, 0.1) is 6.20 Å². The van der Waals surface area contributed by atoms with Gasteiger partial charge in [0.1, 0.15) is 0 Å². The van der Waals surface area contributed by atoms with Crippen molar-refractivity contribution in [3.05, 3.63) is 11.8 Å². The molecule has 1 aromatic rings. The van der Waals surface area contributed by atoms with Gasteiger partial charge in [-0.1, -0.05) is 0 Å². The Labute approximate surface area is 108 Å². The largest absolute Gasteiger partial charge is 0.326 e. The van der Waals surface area contributed by atoms with Crippen molar-refractivity contribution >= 4 is 10.0 Å². The van der Waals surface area contributed by atoms with E-state index in [9.17, 15) is 8.42 Å². The molecule has 0 aliphatic heterocycles. The van der Waals surface area contributed by atoms with Gasteiger partial charge in [0.25, 0.3) is 10.0 Å². The minimum Gasteiger partial charge on any atom is -0.326 e. The number of nitrogens with two attached hydrogens (primary N) is 1. The van der Waals surface area contributed by atoms with Crippen LogP contribution in [0.25, 0.3) is 0 Å². The summed E-state index contributed by atoms with van der Waals surface area (Å²) in [7, 11) is -3.52. The highest BCUT2D eigenvalue weighted by Crippen LogP contribution is 2.32. The molecule has 1 aromatic heterocycles. The molecular formula is C11H20N4O2S. The Bertz CT molecular complexity index is 505. The molecule has 0 spiro atoms. The summed E-state index contributed by atoms with van der Waals surface area (Å²) in [5.74, 6) is 0.506. The lowest BCUT2D eigenvalue weighted by atomic mass is 10.3. The molecule has 1 aliphatic rings. The van der Waals surface area contributed by atoms with Crippen LogP contribution in [0.3, 0.4) is 0 Å². The number of nitrogens with one attached hydrogen (secondary N) is 1. The van der Waals surface area contributed by atoms with E-state index in [0.717, 1.165) is 12.8 Å². The van der Waals surface area contributed by atoms with Crippen LogP contribution in [0, 0.1) is 5.92 Å². The standard InChI is InChI=1S/C11H20N4O2S/c1-8(2)15(7-9-3-4-9)18(16,17)11-10(5-12)6-13-14-11/h6,8-9H,3-5,7,12H2,1-2H3,(H,13,14). The fraction of sp³-hybridized carbons (Fsp3) is 0.727. The van der Waals surface area contributed by atoms with Crippen LogP contribution in [0.4, 0.5) is 0 Å². The molecule has 0 bridgehead atoms. The molecule has 7 heteroatoms. The Morgan fingerprint density at radius 3 is 2.72 bits per heavy atom. The second kappa shape index (κ2) is 4.99. The average molecular weight is 272 g/mol. The van der Waals surface area contributed by atoms with E-state index in [1.807, 2.05) is 13.8 Å². The highest BCUT2D eigenvalue weighted by molar-refractivity contribution is 7.89. The molecule has 1 saturated carbocycles. The second-order valence-electron chi connectivity index (χ2n) is 5.04. The normalized spacial score (nSPS) is 16.7. The summed E-state index contributed by atoms with van der Waals surface area (Å²) in [5.41, 5.74) is 6.08. The van der Waals surface area contributed by atoms with Gasteiger partial charge in [-0.3, -0.25) is 5.10 Å². The Morgan fingerprint density at radius 1 is 1.56 bits per heavy atom. The molecule has 3 N–H and O–H groups in total. The molecule has 0 aromatic carbocycles. The third-order valence-corrected chi connectivity index (χ3v) is 5.23. The zero-order valence-electron chi connectivity index (χ0n) is 10.8. The number of rotatable bonds is 6. The van der Waals surface area contributed by atoms with Crippen LogP contribution in [0.5, 0.6) is 0 Å². The van der Waals surface area contributed by atoms with E-state index in [1.165, 1.54) is 10.5 Å². The topological polar surface area (TPSA) is 92.1 Å². The molecule has 6 nitrogen and oxygen atoms in total. The summed E-state index contributed by atoms with van der Waals surface area (Å²) in [6, 6.07) is -0.0653. The lowest BCUT2D eigenvalue weighted by molar-refractivity contribution is 0.340. The Balaban J connectivity index is 2.32. The summed E-state index contributed by atoms with van der Waals surface area (Å²) in [6.07, 6.45) is 3.71. The smallest absolute Gasteiger partial charge is 0.260 e. The van der Waals surface area contributed by atoms with Gasteiger partial charge in [-0.05, 0) is 32.6 Å².